The summed E-state index contributed by atoms with van der Waals surface area (Å²) in [5.74, 6) is -0.817. The lowest BCUT2D eigenvalue weighted by Gasteiger charge is -2.16. The minimum atomic E-state index is -0.346. The van der Waals surface area contributed by atoms with Gasteiger partial charge in [0.15, 0.2) is 0 Å². The van der Waals surface area contributed by atoms with Gasteiger partial charge in [-0.05, 0) is 49.0 Å². The molecule has 0 unspecified atom stereocenters. The molecule has 1 N–H and O–H groups in total. The first-order valence-corrected chi connectivity index (χ1v) is 6.51. The molecule has 3 nitrogen and oxygen atoms in total. The first-order valence-electron chi connectivity index (χ1n) is 6.51. The first kappa shape index (κ1) is 15.1. The van der Waals surface area contributed by atoms with Gasteiger partial charge in [0.1, 0.15) is 11.6 Å². The highest BCUT2D eigenvalue weighted by Gasteiger charge is 2.08. The Balaban J connectivity index is 1.84. The Morgan fingerprint density at radius 2 is 1.52 bits per heavy atom. The van der Waals surface area contributed by atoms with Crippen molar-refractivity contribution in [2.45, 2.75) is 6.54 Å². The maximum absolute atomic E-state index is 12.8. The van der Waals surface area contributed by atoms with E-state index in [0.717, 1.165) is 5.56 Å². The molecule has 0 aromatic heterocycles. The van der Waals surface area contributed by atoms with Crippen LogP contribution in [0.2, 0.25) is 0 Å². The van der Waals surface area contributed by atoms with E-state index in [1.54, 1.807) is 19.2 Å². The Bertz CT molecular complexity index is 597. The van der Waals surface area contributed by atoms with Crippen molar-refractivity contribution in [2.24, 2.45) is 0 Å². The highest BCUT2D eigenvalue weighted by atomic mass is 19.1. The van der Waals surface area contributed by atoms with Crippen molar-refractivity contribution in [2.75, 3.05) is 18.9 Å². The number of likely N-dealkylation sites (N-methyl/N-ethyl adjacent to an activating group) is 1. The van der Waals surface area contributed by atoms with Crippen LogP contribution < -0.4 is 5.32 Å². The summed E-state index contributed by atoms with van der Waals surface area (Å²) in [6, 6.07) is 11.7. The van der Waals surface area contributed by atoms with Gasteiger partial charge in [0.2, 0.25) is 5.91 Å². The van der Waals surface area contributed by atoms with Crippen LogP contribution in [-0.2, 0) is 11.3 Å². The van der Waals surface area contributed by atoms with E-state index in [4.69, 9.17) is 0 Å². The highest BCUT2D eigenvalue weighted by Crippen LogP contribution is 2.09. The summed E-state index contributed by atoms with van der Waals surface area (Å²) >= 11 is 0. The van der Waals surface area contributed by atoms with Crippen LogP contribution in [0.25, 0.3) is 0 Å². The predicted molar refractivity (Wildman–Crippen MR) is 77.8 cm³/mol. The number of hydrogen-bond acceptors (Lipinski definition) is 2. The molecule has 0 fully saturated rings. The van der Waals surface area contributed by atoms with E-state index in [0.29, 0.717) is 12.2 Å². The number of hydrogen-bond donors (Lipinski definition) is 1. The van der Waals surface area contributed by atoms with E-state index >= 15 is 0 Å². The summed E-state index contributed by atoms with van der Waals surface area (Å²) in [6.07, 6.45) is 0. The number of anilines is 1. The van der Waals surface area contributed by atoms with E-state index in [9.17, 15) is 13.6 Å². The van der Waals surface area contributed by atoms with E-state index < -0.39 is 0 Å². The number of carbonyl (C=O) groups excluding carboxylic acids is 1. The normalized spacial score (nSPS) is 10.7. The van der Waals surface area contributed by atoms with Gasteiger partial charge in [-0.25, -0.2) is 8.78 Å². The zero-order valence-corrected chi connectivity index (χ0v) is 11.6. The van der Waals surface area contributed by atoms with Gasteiger partial charge in [-0.2, -0.15) is 0 Å². The molecule has 21 heavy (non-hydrogen) atoms. The number of nitrogens with zero attached hydrogens (tertiary/aromatic N) is 1. The van der Waals surface area contributed by atoms with Gasteiger partial charge < -0.3 is 5.32 Å². The monoisotopic (exact) mass is 290 g/mol. The molecule has 1 amide bonds. The van der Waals surface area contributed by atoms with Crippen molar-refractivity contribution in [3.63, 3.8) is 0 Å². The Labute approximate surface area is 122 Å². The van der Waals surface area contributed by atoms with Crippen LogP contribution in [0, 0.1) is 11.6 Å². The molecule has 0 radical (unpaired) electrons. The molecule has 0 aliphatic carbocycles. The zero-order valence-electron chi connectivity index (χ0n) is 11.6. The zero-order chi connectivity index (χ0) is 15.2. The quantitative estimate of drug-likeness (QED) is 0.918. The van der Waals surface area contributed by atoms with E-state index in [1.165, 1.54) is 36.4 Å². The van der Waals surface area contributed by atoms with Crippen molar-refractivity contribution < 1.29 is 13.6 Å². The fraction of sp³-hybridized carbons (Fsp3) is 0.188. The van der Waals surface area contributed by atoms with E-state index in [1.807, 2.05) is 4.90 Å². The van der Waals surface area contributed by atoms with Crippen LogP contribution in [0.5, 0.6) is 0 Å². The molecule has 2 aromatic rings. The van der Waals surface area contributed by atoms with Crippen LogP contribution in [0.15, 0.2) is 48.5 Å². The summed E-state index contributed by atoms with van der Waals surface area (Å²) in [7, 11) is 1.80. The van der Waals surface area contributed by atoms with Gasteiger partial charge in [0.25, 0.3) is 0 Å². The Morgan fingerprint density at radius 1 is 1.00 bits per heavy atom. The molecular weight excluding hydrogens is 274 g/mol. The third-order valence-corrected chi connectivity index (χ3v) is 2.91. The third-order valence-electron chi connectivity index (χ3n) is 2.91. The van der Waals surface area contributed by atoms with Gasteiger partial charge in [-0.15, -0.1) is 0 Å². The molecule has 0 spiro atoms. The van der Waals surface area contributed by atoms with Crippen LogP contribution in [0.1, 0.15) is 5.56 Å². The van der Waals surface area contributed by atoms with Gasteiger partial charge >= 0.3 is 0 Å². The SMILES string of the molecule is CN(CC(=O)Nc1ccc(F)cc1)Cc1ccc(F)cc1. The second kappa shape index (κ2) is 6.95. The fourth-order valence-electron chi connectivity index (χ4n) is 1.94. The summed E-state index contributed by atoms with van der Waals surface area (Å²) in [4.78, 5) is 13.7. The third kappa shape index (κ3) is 4.96. The Kier molecular flexibility index (Phi) is 5.00. The van der Waals surface area contributed by atoms with Crippen LogP contribution in [-0.4, -0.2) is 24.4 Å². The number of halogens is 2. The lowest BCUT2D eigenvalue weighted by Crippen LogP contribution is -2.29. The second-order valence-electron chi connectivity index (χ2n) is 4.85. The van der Waals surface area contributed by atoms with Gasteiger partial charge in [0, 0.05) is 12.2 Å². The topological polar surface area (TPSA) is 32.3 Å². The van der Waals surface area contributed by atoms with Crippen molar-refractivity contribution in [3.05, 3.63) is 65.7 Å². The van der Waals surface area contributed by atoms with Crippen LogP contribution in [0.4, 0.5) is 14.5 Å². The van der Waals surface area contributed by atoms with Gasteiger partial charge in [-0.1, -0.05) is 12.1 Å². The van der Waals surface area contributed by atoms with Crippen LogP contribution >= 0.6 is 0 Å². The van der Waals surface area contributed by atoms with Crippen molar-refractivity contribution in [1.29, 1.82) is 0 Å². The molecule has 2 aromatic carbocycles. The largest absolute Gasteiger partial charge is 0.325 e. The maximum atomic E-state index is 12.8. The highest BCUT2D eigenvalue weighted by molar-refractivity contribution is 5.92. The average molecular weight is 290 g/mol. The molecule has 0 bridgehead atoms. The molecule has 0 aliphatic rings. The van der Waals surface area contributed by atoms with Crippen molar-refractivity contribution >= 4 is 11.6 Å². The molecular formula is C16H16F2N2O. The number of amides is 1. The van der Waals surface area contributed by atoms with Crippen molar-refractivity contribution in [1.82, 2.24) is 4.90 Å². The second-order valence-corrected chi connectivity index (χ2v) is 4.85. The minimum absolute atomic E-state index is 0.189. The predicted octanol–water partition coefficient (Wildman–Crippen LogP) is 3.04. The summed E-state index contributed by atoms with van der Waals surface area (Å²) < 4.78 is 25.6. The molecule has 0 aliphatic heterocycles. The van der Waals surface area contributed by atoms with Crippen LogP contribution in [0.3, 0.4) is 0 Å². The van der Waals surface area contributed by atoms with Gasteiger partial charge in [0.05, 0.1) is 6.54 Å². The number of benzene rings is 2. The number of carbonyl (C=O) groups is 1. The fourth-order valence-corrected chi connectivity index (χ4v) is 1.94. The molecule has 0 saturated carbocycles. The Hall–Kier alpha value is -2.27. The Morgan fingerprint density at radius 3 is 2.10 bits per heavy atom. The number of rotatable bonds is 5. The molecule has 0 atom stereocenters. The molecule has 0 heterocycles. The lowest BCUT2D eigenvalue weighted by atomic mass is 10.2. The average Bonchev–Trinajstić information content (AvgIpc) is 2.44. The van der Waals surface area contributed by atoms with E-state index in [2.05, 4.69) is 5.32 Å². The molecule has 0 saturated heterocycles. The van der Waals surface area contributed by atoms with Gasteiger partial charge in [-0.3, -0.25) is 9.69 Å². The van der Waals surface area contributed by atoms with Crippen molar-refractivity contribution in [3.8, 4) is 0 Å². The maximum Gasteiger partial charge on any atom is 0.238 e. The number of nitrogens with one attached hydrogen (secondary N) is 1. The first-order chi connectivity index (χ1) is 10.0. The summed E-state index contributed by atoms with van der Waals surface area (Å²) in [5, 5.41) is 2.69. The molecule has 2 rings (SSSR count). The minimum Gasteiger partial charge on any atom is -0.325 e. The standard InChI is InChI=1S/C16H16F2N2O/c1-20(10-12-2-4-13(17)5-3-12)11-16(21)19-15-8-6-14(18)7-9-15/h2-9H,10-11H2,1H3,(H,19,21). The summed E-state index contributed by atoms with van der Waals surface area (Å²) in [6.45, 7) is 0.728. The molecule has 5 heteroatoms. The lowest BCUT2D eigenvalue weighted by molar-refractivity contribution is -0.117. The molecule has 110 valence electrons. The summed E-state index contributed by atoms with van der Waals surface area (Å²) in [5.41, 5.74) is 1.48. The smallest absolute Gasteiger partial charge is 0.238 e. The van der Waals surface area contributed by atoms with E-state index in [-0.39, 0.29) is 24.1 Å².